The molecule has 3 N–H and O–H groups in total. The van der Waals surface area contributed by atoms with Crippen molar-refractivity contribution in [3.05, 3.63) is 52.0 Å². The van der Waals surface area contributed by atoms with E-state index in [2.05, 4.69) is 10.3 Å². The summed E-state index contributed by atoms with van der Waals surface area (Å²) in [5, 5.41) is 4.46. The van der Waals surface area contributed by atoms with E-state index in [1.807, 2.05) is 32.1 Å². The topological polar surface area (TPSA) is 94.3 Å². The van der Waals surface area contributed by atoms with Crippen molar-refractivity contribution in [2.24, 2.45) is 5.73 Å². The lowest BCUT2D eigenvalue weighted by Crippen LogP contribution is -2.29. The normalized spacial score (nSPS) is 12.1. The number of aromatic nitrogens is 1. The third-order valence-corrected chi connectivity index (χ3v) is 3.51. The molecule has 0 spiro atoms. The van der Waals surface area contributed by atoms with Gasteiger partial charge in [0, 0.05) is 5.56 Å². The number of nitrogens with two attached hydrogens (primary N) is 1. The molecule has 2 aromatic rings. The highest BCUT2D eigenvalue weighted by molar-refractivity contribution is 6.07. The number of hydrogen-bond acceptors (Lipinski definition) is 4. The van der Waals surface area contributed by atoms with E-state index in [0.717, 1.165) is 10.6 Å². The first-order chi connectivity index (χ1) is 11.5. The van der Waals surface area contributed by atoms with Crippen molar-refractivity contribution in [1.82, 2.24) is 4.98 Å². The van der Waals surface area contributed by atoms with Crippen molar-refractivity contribution in [2.75, 3.05) is 12.4 Å². The Hall–Kier alpha value is -3.15. The van der Waals surface area contributed by atoms with Gasteiger partial charge >= 0.3 is 0 Å². The lowest BCUT2D eigenvalue weighted by Gasteiger charge is -2.10. The van der Waals surface area contributed by atoms with Crippen LogP contribution in [0.4, 0.5) is 5.82 Å². The average molecular weight is 325 g/mol. The van der Waals surface area contributed by atoms with Crippen molar-refractivity contribution in [1.29, 1.82) is 0 Å². The molecule has 0 bridgehead atoms. The van der Waals surface area contributed by atoms with E-state index in [1.54, 1.807) is 6.07 Å². The minimum absolute atomic E-state index is 0.212. The number of rotatable bonds is 4. The van der Waals surface area contributed by atoms with Crippen molar-refractivity contribution in [3.63, 3.8) is 0 Å². The van der Waals surface area contributed by atoms with Crippen LogP contribution in [-0.4, -0.2) is 23.9 Å². The van der Waals surface area contributed by atoms with E-state index >= 15 is 0 Å². The van der Waals surface area contributed by atoms with E-state index in [0.29, 0.717) is 11.6 Å². The van der Waals surface area contributed by atoms with Crippen LogP contribution in [0.5, 0.6) is 5.75 Å². The summed E-state index contributed by atoms with van der Waals surface area (Å²) in [6, 6.07) is 8.02. The summed E-state index contributed by atoms with van der Waals surface area (Å²) in [6.45, 7) is 3.79. The Morgan fingerprint density at radius 3 is 2.50 bits per heavy atom. The molecule has 2 rings (SSSR count). The van der Waals surface area contributed by atoms with Gasteiger partial charge in [0.15, 0.2) is 0 Å². The number of anilines is 1. The summed E-state index contributed by atoms with van der Waals surface area (Å²) < 4.78 is 5.18. The molecule has 1 heterocycles. The second-order valence-electron chi connectivity index (χ2n) is 4.98. The van der Waals surface area contributed by atoms with Crippen LogP contribution in [0.15, 0.2) is 30.3 Å². The van der Waals surface area contributed by atoms with Gasteiger partial charge in [-0.3, -0.25) is 9.59 Å². The number of carbonyl (C=O) groups is 2. The Labute approximate surface area is 139 Å². The molecule has 0 aliphatic carbocycles. The Morgan fingerprint density at radius 2 is 1.92 bits per heavy atom. The molecule has 0 unspecified atom stereocenters. The maximum atomic E-state index is 12.5. The third-order valence-electron chi connectivity index (χ3n) is 3.51. The van der Waals surface area contributed by atoms with Crippen LogP contribution in [0, 0.1) is 0 Å². The van der Waals surface area contributed by atoms with E-state index in [9.17, 15) is 9.59 Å². The smallest absolute Gasteiger partial charge is 0.260 e. The number of primary amides is 1. The Bertz CT molecular complexity index is 904. The molecule has 0 saturated heterocycles. The molecule has 124 valence electrons. The Kier molecular flexibility index (Phi) is 5.31. The summed E-state index contributed by atoms with van der Waals surface area (Å²) in [5.41, 5.74) is 5.71. The molecule has 2 amide bonds. The van der Waals surface area contributed by atoms with Crippen molar-refractivity contribution in [2.45, 2.75) is 13.8 Å². The van der Waals surface area contributed by atoms with Gasteiger partial charge in [0.1, 0.15) is 11.6 Å². The van der Waals surface area contributed by atoms with Gasteiger partial charge in [0.05, 0.1) is 18.0 Å². The number of nitrogens with zero attached hydrogens (tertiary/aromatic N) is 1. The molecule has 6 nitrogen and oxygen atoms in total. The second kappa shape index (κ2) is 7.41. The van der Waals surface area contributed by atoms with E-state index in [4.69, 9.17) is 10.5 Å². The monoisotopic (exact) mass is 325 g/mol. The molecule has 0 fully saturated rings. The standard InChI is InChI=1S/C18H19N3O3/c1-4-11-7-9-16(20-14(11)5-2)21-18(23)13-10-12(17(19)22)6-8-15(13)24-3/h4-10H,1-3H3,(H2,19,22)(H,20,21,23)/b11-4-,14-5+. The van der Waals surface area contributed by atoms with Crippen LogP contribution in [0.2, 0.25) is 0 Å². The summed E-state index contributed by atoms with van der Waals surface area (Å²) in [4.78, 5) is 28.2. The van der Waals surface area contributed by atoms with Gasteiger partial charge in [-0.25, -0.2) is 4.98 Å². The van der Waals surface area contributed by atoms with Gasteiger partial charge < -0.3 is 15.8 Å². The Morgan fingerprint density at radius 1 is 1.17 bits per heavy atom. The van der Waals surface area contributed by atoms with Crippen LogP contribution >= 0.6 is 0 Å². The highest BCUT2D eigenvalue weighted by Crippen LogP contribution is 2.20. The second-order valence-corrected chi connectivity index (χ2v) is 4.98. The van der Waals surface area contributed by atoms with Gasteiger partial charge in [0.25, 0.3) is 5.91 Å². The van der Waals surface area contributed by atoms with Crippen molar-refractivity contribution in [3.8, 4) is 5.75 Å². The predicted molar refractivity (Wildman–Crippen MR) is 93.2 cm³/mol. The molecule has 1 aromatic heterocycles. The minimum Gasteiger partial charge on any atom is -0.496 e. The van der Waals surface area contributed by atoms with Gasteiger partial charge in [0.2, 0.25) is 5.91 Å². The fourth-order valence-corrected chi connectivity index (χ4v) is 2.25. The zero-order valence-electron chi connectivity index (χ0n) is 13.8. The summed E-state index contributed by atoms with van der Waals surface area (Å²) in [6.07, 6.45) is 3.80. The number of ether oxygens (including phenoxy) is 1. The number of methoxy groups -OCH3 is 1. The SMILES string of the molecule is C/C=c1/ccc(NC(=O)c2cc(C(N)=O)ccc2OC)n/c1=C/C. The van der Waals surface area contributed by atoms with Crippen LogP contribution in [0.3, 0.4) is 0 Å². The molecule has 0 radical (unpaired) electrons. The Balaban J connectivity index is 2.40. The highest BCUT2D eigenvalue weighted by Gasteiger charge is 2.15. The van der Waals surface area contributed by atoms with E-state index in [1.165, 1.54) is 25.3 Å². The predicted octanol–water partition coefficient (Wildman–Crippen LogP) is 1.04. The van der Waals surface area contributed by atoms with Gasteiger partial charge in [-0.05, 0) is 49.4 Å². The molecule has 0 aliphatic heterocycles. The maximum Gasteiger partial charge on any atom is 0.260 e. The molecular weight excluding hydrogens is 306 g/mol. The van der Waals surface area contributed by atoms with Crippen LogP contribution in [0.1, 0.15) is 34.6 Å². The van der Waals surface area contributed by atoms with E-state index < -0.39 is 11.8 Å². The summed E-state index contributed by atoms with van der Waals surface area (Å²) in [5.74, 6) is -0.295. The molecule has 0 saturated carbocycles. The van der Waals surface area contributed by atoms with Crippen LogP contribution < -0.4 is 26.4 Å². The highest BCUT2D eigenvalue weighted by atomic mass is 16.5. The maximum absolute atomic E-state index is 12.5. The first-order valence-corrected chi connectivity index (χ1v) is 7.39. The number of benzene rings is 1. The third kappa shape index (κ3) is 3.60. The van der Waals surface area contributed by atoms with Crippen LogP contribution in [0.25, 0.3) is 12.2 Å². The number of nitrogens with one attached hydrogen (secondary N) is 1. The molecule has 0 atom stereocenters. The number of hydrogen-bond donors (Lipinski definition) is 2. The molecule has 24 heavy (non-hydrogen) atoms. The lowest BCUT2D eigenvalue weighted by atomic mass is 10.1. The van der Waals surface area contributed by atoms with Gasteiger partial charge in [-0.1, -0.05) is 12.2 Å². The molecule has 0 aliphatic rings. The zero-order valence-corrected chi connectivity index (χ0v) is 13.8. The number of carbonyl (C=O) groups excluding carboxylic acids is 2. The van der Waals surface area contributed by atoms with Gasteiger partial charge in [-0.15, -0.1) is 0 Å². The quantitative estimate of drug-likeness (QED) is 0.878. The van der Waals surface area contributed by atoms with Gasteiger partial charge in [-0.2, -0.15) is 0 Å². The largest absolute Gasteiger partial charge is 0.496 e. The first kappa shape index (κ1) is 17.2. The molecule has 6 heteroatoms. The molecule has 1 aromatic carbocycles. The number of pyridine rings is 1. The summed E-state index contributed by atoms with van der Waals surface area (Å²) in [7, 11) is 1.45. The zero-order chi connectivity index (χ0) is 17.7. The first-order valence-electron chi connectivity index (χ1n) is 7.39. The average Bonchev–Trinajstić information content (AvgIpc) is 2.60. The fraction of sp³-hybridized carbons (Fsp3) is 0.167. The van der Waals surface area contributed by atoms with Crippen LogP contribution in [-0.2, 0) is 0 Å². The molecular formula is C18H19N3O3. The number of amides is 2. The van der Waals surface area contributed by atoms with Crippen molar-refractivity contribution >= 4 is 29.8 Å². The summed E-state index contributed by atoms with van der Waals surface area (Å²) >= 11 is 0. The lowest BCUT2D eigenvalue weighted by molar-refractivity contribution is 0.1000. The fourth-order valence-electron chi connectivity index (χ4n) is 2.25. The van der Waals surface area contributed by atoms with E-state index in [-0.39, 0.29) is 11.1 Å². The minimum atomic E-state index is -0.615. The van der Waals surface area contributed by atoms with Crippen molar-refractivity contribution < 1.29 is 14.3 Å².